The minimum Gasteiger partial charge on any atom is -0.497 e. The van der Waals surface area contributed by atoms with Gasteiger partial charge in [0.05, 0.1) is 19.8 Å². The summed E-state index contributed by atoms with van der Waals surface area (Å²) in [7, 11) is 4.90. The molecular weight excluding hydrogens is 424 g/mol. The molecule has 0 unspecified atom stereocenters. The van der Waals surface area contributed by atoms with Crippen molar-refractivity contribution in [3.8, 4) is 11.5 Å². The predicted octanol–water partition coefficient (Wildman–Crippen LogP) is 5.41. The minimum absolute atomic E-state index is 0.186. The van der Waals surface area contributed by atoms with E-state index in [-0.39, 0.29) is 11.8 Å². The van der Waals surface area contributed by atoms with Gasteiger partial charge in [0, 0.05) is 30.8 Å². The van der Waals surface area contributed by atoms with E-state index in [0.717, 1.165) is 5.56 Å². The molecule has 3 aromatic rings. The monoisotopic (exact) mass is 452 g/mol. The molecule has 0 fully saturated rings. The highest BCUT2D eigenvalue weighted by atomic mass is 32.1. The van der Waals surface area contributed by atoms with Gasteiger partial charge in [-0.1, -0.05) is 26.0 Å². The zero-order valence-electron chi connectivity index (χ0n) is 19.0. The molecule has 2 aromatic carbocycles. The van der Waals surface area contributed by atoms with Gasteiger partial charge in [-0.2, -0.15) is 0 Å². The fraction of sp³-hybridized carbons (Fsp3) is 0.280. The van der Waals surface area contributed by atoms with Crippen LogP contribution in [0.2, 0.25) is 0 Å². The molecule has 0 saturated heterocycles. The second kappa shape index (κ2) is 10.3. The summed E-state index contributed by atoms with van der Waals surface area (Å²) in [4.78, 5) is 27.4. The van der Waals surface area contributed by atoms with Crippen LogP contribution in [0, 0.1) is 0 Å². The van der Waals surface area contributed by atoms with Crippen LogP contribution in [0.15, 0.2) is 53.9 Å². The lowest BCUT2D eigenvalue weighted by Gasteiger charge is -2.19. The summed E-state index contributed by atoms with van der Waals surface area (Å²) in [6, 6.07) is 14.7. The zero-order chi connectivity index (χ0) is 23.3. The number of hydrogen-bond acceptors (Lipinski definition) is 5. The number of amides is 2. The Kier molecular flexibility index (Phi) is 7.53. The fourth-order valence-corrected chi connectivity index (χ4v) is 4.06. The molecule has 0 aliphatic heterocycles. The van der Waals surface area contributed by atoms with Gasteiger partial charge in [0.25, 0.3) is 11.8 Å². The number of thiophene rings is 1. The third-order valence-electron chi connectivity index (χ3n) is 5.21. The summed E-state index contributed by atoms with van der Waals surface area (Å²) in [6.07, 6.45) is 0. The molecular formula is C25H28N2O4S. The molecule has 1 aromatic heterocycles. The molecule has 3 rings (SSSR count). The van der Waals surface area contributed by atoms with Crippen LogP contribution < -0.4 is 14.8 Å². The number of anilines is 1. The molecule has 2 amide bonds. The Balaban J connectivity index is 1.72. The fourth-order valence-electron chi connectivity index (χ4n) is 3.28. The Morgan fingerprint density at radius 2 is 1.75 bits per heavy atom. The molecule has 1 N–H and O–H groups in total. The van der Waals surface area contributed by atoms with Gasteiger partial charge in [-0.15, -0.1) is 11.3 Å². The molecule has 0 spiro atoms. The van der Waals surface area contributed by atoms with Crippen molar-refractivity contribution in [1.82, 2.24) is 4.90 Å². The maximum atomic E-state index is 13.1. The molecule has 0 aliphatic carbocycles. The first-order valence-corrected chi connectivity index (χ1v) is 11.2. The van der Waals surface area contributed by atoms with Crippen molar-refractivity contribution in [2.75, 3.05) is 26.6 Å². The first kappa shape index (κ1) is 23.3. The predicted molar refractivity (Wildman–Crippen MR) is 128 cm³/mol. The largest absolute Gasteiger partial charge is 0.497 e. The number of ether oxygens (including phenoxy) is 2. The van der Waals surface area contributed by atoms with Crippen LogP contribution in [0.5, 0.6) is 11.5 Å². The van der Waals surface area contributed by atoms with Crippen molar-refractivity contribution >= 4 is 28.2 Å². The van der Waals surface area contributed by atoms with E-state index in [1.54, 1.807) is 43.7 Å². The zero-order valence-corrected chi connectivity index (χ0v) is 19.8. The smallest absolute Gasteiger partial charge is 0.256 e. The number of benzene rings is 2. The van der Waals surface area contributed by atoms with Gasteiger partial charge < -0.3 is 19.7 Å². The Hall–Kier alpha value is -3.32. The van der Waals surface area contributed by atoms with Gasteiger partial charge in [-0.05, 0) is 47.2 Å². The van der Waals surface area contributed by atoms with E-state index < -0.39 is 0 Å². The highest BCUT2D eigenvalue weighted by molar-refractivity contribution is 7.14. The first-order valence-electron chi connectivity index (χ1n) is 10.3. The lowest BCUT2D eigenvalue weighted by molar-refractivity contribution is 0.0785. The molecule has 0 radical (unpaired) electrons. The van der Waals surface area contributed by atoms with Crippen molar-refractivity contribution in [3.63, 3.8) is 0 Å². The number of methoxy groups -OCH3 is 2. The normalized spacial score (nSPS) is 10.7. The van der Waals surface area contributed by atoms with E-state index >= 15 is 0 Å². The van der Waals surface area contributed by atoms with E-state index in [1.165, 1.54) is 16.9 Å². The Bertz CT molecular complexity index is 1090. The topological polar surface area (TPSA) is 67.9 Å². The molecule has 1 heterocycles. The summed E-state index contributed by atoms with van der Waals surface area (Å²) in [5, 5.41) is 5.21. The lowest BCUT2D eigenvalue weighted by Crippen LogP contribution is -2.27. The quantitative estimate of drug-likeness (QED) is 0.496. The van der Waals surface area contributed by atoms with Crippen LogP contribution >= 0.6 is 11.3 Å². The summed E-state index contributed by atoms with van der Waals surface area (Å²) in [5.41, 5.74) is 3.04. The number of nitrogens with zero attached hydrogens (tertiary/aromatic N) is 1. The summed E-state index contributed by atoms with van der Waals surface area (Å²) < 4.78 is 10.7. The van der Waals surface area contributed by atoms with Crippen LogP contribution in [0.4, 0.5) is 5.00 Å². The van der Waals surface area contributed by atoms with Crippen molar-refractivity contribution in [1.29, 1.82) is 0 Å². The van der Waals surface area contributed by atoms with E-state index in [2.05, 4.69) is 19.2 Å². The van der Waals surface area contributed by atoms with Gasteiger partial charge in [-0.3, -0.25) is 9.59 Å². The standard InChI is InChI=1S/C25H28N2O4S/c1-16(2)17-6-8-18(9-7-17)23(28)26-24-21(12-13-32-24)25(29)27(3)15-19-10-11-20(30-4)14-22(19)31-5/h6-14,16H,15H2,1-5H3,(H,26,28). The van der Waals surface area contributed by atoms with Crippen molar-refractivity contribution in [2.45, 2.75) is 26.3 Å². The van der Waals surface area contributed by atoms with Crippen LogP contribution in [-0.4, -0.2) is 38.0 Å². The van der Waals surface area contributed by atoms with Gasteiger partial charge >= 0.3 is 0 Å². The van der Waals surface area contributed by atoms with Gasteiger partial charge in [0.1, 0.15) is 16.5 Å². The van der Waals surface area contributed by atoms with Crippen LogP contribution in [0.1, 0.15) is 51.6 Å². The van der Waals surface area contributed by atoms with E-state index in [1.807, 2.05) is 36.4 Å². The second-order valence-corrected chi connectivity index (χ2v) is 8.65. The molecule has 32 heavy (non-hydrogen) atoms. The van der Waals surface area contributed by atoms with Crippen LogP contribution in [0.3, 0.4) is 0 Å². The maximum Gasteiger partial charge on any atom is 0.256 e. The Morgan fingerprint density at radius 3 is 2.38 bits per heavy atom. The number of carbonyl (C=O) groups excluding carboxylic acids is 2. The molecule has 0 aliphatic rings. The van der Waals surface area contributed by atoms with E-state index in [4.69, 9.17) is 9.47 Å². The second-order valence-electron chi connectivity index (χ2n) is 7.73. The summed E-state index contributed by atoms with van der Waals surface area (Å²) in [5.74, 6) is 1.30. The molecule has 7 heteroatoms. The van der Waals surface area contributed by atoms with Gasteiger partial charge in [0.15, 0.2) is 0 Å². The third-order valence-corrected chi connectivity index (χ3v) is 6.04. The average Bonchev–Trinajstić information content (AvgIpc) is 3.26. The molecule has 0 saturated carbocycles. The average molecular weight is 453 g/mol. The van der Waals surface area contributed by atoms with Crippen LogP contribution in [0.25, 0.3) is 0 Å². The van der Waals surface area contributed by atoms with Crippen molar-refractivity contribution < 1.29 is 19.1 Å². The Morgan fingerprint density at radius 1 is 1.03 bits per heavy atom. The van der Waals surface area contributed by atoms with E-state index in [0.29, 0.717) is 40.1 Å². The molecule has 0 atom stereocenters. The summed E-state index contributed by atoms with van der Waals surface area (Å²) >= 11 is 1.32. The summed E-state index contributed by atoms with van der Waals surface area (Å²) in [6.45, 7) is 4.57. The molecule has 6 nitrogen and oxygen atoms in total. The van der Waals surface area contributed by atoms with Crippen molar-refractivity contribution in [2.24, 2.45) is 0 Å². The lowest BCUT2D eigenvalue weighted by atomic mass is 10.0. The highest BCUT2D eigenvalue weighted by Crippen LogP contribution is 2.28. The first-order chi connectivity index (χ1) is 15.3. The SMILES string of the molecule is COc1ccc(CN(C)C(=O)c2ccsc2NC(=O)c2ccc(C(C)C)cc2)c(OC)c1. The van der Waals surface area contributed by atoms with Crippen molar-refractivity contribution in [3.05, 3.63) is 76.2 Å². The number of rotatable bonds is 8. The minimum atomic E-state index is -0.240. The maximum absolute atomic E-state index is 13.1. The molecule has 0 bridgehead atoms. The highest BCUT2D eigenvalue weighted by Gasteiger charge is 2.20. The van der Waals surface area contributed by atoms with Gasteiger partial charge in [0.2, 0.25) is 0 Å². The number of carbonyl (C=O) groups is 2. The number of nitrogens with one attached hydrogen (secondary N) is 1. The number of hydrogen-bond donors (Lipinski definition) is 1. The van der Waals surface area contributed by atoms with Crippen LogP contribution in [-0.2, 0) is 6.54 Å². The van der Waals surface area contributed by atoms with Gasteiger partial charge in [-0.25, -0.2) is 0 Å². The molecule has 168 valence electrons. The van der Waals surface area contributed by atoms with E-state index in [9.17, 15) is 9.59 Å². The Labute approximate surface area is 192 Å². The third kappa shape index (κ3) is 5.29.